The van der Waals surface area contributed by atoms with Crippen molar-refractivity contribution in [2.75, 3.05) is 5.73 Å². The second kappa shape index (κ2) is 7.02. The van der Waals surface area contributed by atoms with Gasteiger partial charge in [-0.25, -0.2) is 0 Å². The number of phenolic OH excluding ortho intramolecular Hbond substituents is 1. The number of rotatable bonds is 3. The molecule has 1 atom stereocenters. The molecule has 0 aromatic heterocycles. The first kappa shape index (κ1) is 17.3. The van der Waals surface area contributed by atoms with E-state index in [9.17, 15) is 5.11 Å². The van der Waals surface area contributed by atoms with Gasteiger partial charge >= 0.3 is 0 Å². The minimum absolute atomic E-state index is 0.226. The summed E-state index contributed by atoms with van der Waals surface area (Å²) in [6.45, 7) is 2.16. The summed E-state index contributed by atoms with van der Waals surface area (Å²) < 4.78 is 3.18. The third kappa shape index (κ3) is 4.03. The first-order valence-corrected chi connectivity index (χ1v) is 9.38. The molecule has 0 saturated heterocycles. The first-order valence-electron chi connectivity index (χ1n) is 6.21. The Morgan fingerprint density at radius 3 is 1.90 bits per heavy atom. The summed E-state index contributed by atoms with van der Waals surface area (Å²) in [4.78, 5) is 0. The monoisotopic (exact) mass is 539 g/mol. The van der Waals surface area contributed by atoms with Crippen molar-refractivity contribution < 1.29 is 5.11 Å². The molecule has 0 aliphatic rings. The zero-order valence-corrected chi connectivity index (χ0v) is 17.5. The van der Waals surface area contributed by atoms with Crippen molar-refractivity contribution in [2.45, 2.75) is 19.3 Å². The van der Waals surface area contributed by atoms with E-state index >= 15 is 0 Å². The molecular weight excluding hydrogens is 530 g/mol. The minimum atomic E-state index is 0.226. The van der Waals surface area contributed by atoms with Gasteiger partial charge in [-0.1, -0.05) is 6.92 Å². The molecule has 0 aliphatic carbocycles. The number of nitrogens with two attached hydrogens (primary N) is 1. The Labute approximate surface area is 157 Å². The van der Waals surface area contributed by atoms with Crippen LogP contribution in [0.2, 0.25) is 0 Å². The van der Waals surface area contributed by atoms with Gasteiger partial charge in [0.2, 0.25) is 0 Å². The molecule has 2 rings (SSSR count). The lowest BCUT2D eigenvalue weighted by Gasteiger charge is -2.15. The summed E-state index contributed by atoms with van der Waals surface area (Å²) in [6, 6.07) is 7.99. The molecule has 0 radical (unpaired) electrons. The molecule has 0 fully saturated rings. The zero-order valence-electron chi connectivity index (χ0n) is 11.1. The molecule has 2 aromatic rings. The van der Waals surface area contributed by atoms with E-state index in [0.29, 0.717) is 20.6 Å². The Kier molecular flexibility index (Phi) is 5.79. The maximum absolute atomic E-state index is 9.79. The van der Waals surface area contributed by atoms with Crippen LogP contribution in [0.3, 0.4) is 0 Å². The van der Waals surface area contributed by atoms with Crippen LogP contribution in [0, 0.1) is 0 Å². The van der Waals surface area contributed by atoms with Gasteiger partial charge in [0, 0.05) is 8.95 Å². The summed E-state index contributed by atoms with van der Waals surface area (Å²) in [5.74, 6) is 0.532. The first-order chi connectivity index (χ1) is 9.79. The fraction of sp³-hybridized carbons (Fsp3) is 0.200. The molecule has 0 saturated carbocycles. The Hall–Kier alpha value is -0.0400. The van der Waals surface area contributed by atoms with Gasteiger partial charge in [0.05, 0.1) is 14.6 Å². The molecule has 0 spiro atoms. The van der Waals surface area contributed by atoms with E-state index in [1.807, 2.05) is 24.3 Å². The number of hydrogen-bond donors (Lipinski definition) is 2. The molecule has 3 N–H and O–H groups in total. The maximum Gasteiger partial charge on any atom is 0.143 e. The number of phenols is 1. The van der Waals surface area contributed by atoms with Crippen molar-refractivity contribution in [1.29, 1.82) is 0 Å². The average molecular weight is 543 g/mol. The topological polar surface area (TPSA) is 46.2 Å². The molecule has 2 aromatic carbocycles. The van der Waals surface area contributed by atoms with E-state index in [0.717, 1.165) is 20.9 Å². The fourth-order valence-electron chi connectivity index (χ4n) is 2.10. The van der Waals surface area contributed by atoms with Crippen LogP contribution in [0.1, 0.15) is 24.0 Å². The van der Waals surface area contributed by atoms with Gasteiger partial charge in [0.15, 0.2) is 0 Å². The van der Waals surface area contributed by atoms with Crippen LogP contribution in [0.4, 0.5) is 5.69 Å². The molecule has 1 unspecified atom stereocenters. The van der Waals surface area contributed by atoms with E-state index in [-0.39, 0.29) is 5.75 Å². The third-order valence-corrected chi connectivity index (χ3v) is 5.81. The molecule has 0 amide bonds. The third-order valence-electron chi connectivity index (χ3n) is 3.29. The zero-order chi connectivity index (χ0) is 15.7. The number of nitrogen functional groups attached to an aromatic ring is 1. The Morgan fingerprint density at radius 2 is 1.43 bits per heavy atom. The number of benzene rings is 2. The lowest BCUT2D eigenvalue weighted by atomic mass is 9.93. The fourth-order valence-corrected chi connectivity index (χ4v) is 4.60. The van der Waals surface area contributed by atoms with Gasteiger partial charge in [0.1, 0.15) is 5.75 Å². The number of anilines is 1. The standard InChI is InChI=1S/C15H13Br4NO/c1-7(9-5-12(18)15(21)13(19)6-9)2-8-3-10(16)14(20)11(17)4-8/h3-7,21H,2,20H2,1H3. The summed E-state index contributed by atoms with van der Waals surface area (Å²) in [5, 5.41) is 9.79. The van der Waals surface area contributed by atoms with Crippen LogP contribution in [-0.4, -0.2) is 5.11 Å². The van der Waals surface area contributed by atoms with Crippen molar-refractivity contribution >= 4 is 69.4 Å². The smallest absolute Gasteiger partial charge is 0.143 e. The van der Waals surface area contributed by atoms with Crippen molar-refractivity contribution in [1.82, 2.24) is 0 Å². The van der Waals surface area contributed by atoms with E-state index in [1.54, 1.807) is 0 Å². The van der Waals surface area contributed by atoms with Gasteiger partial charge < -0.3 is 10.8 Å². The van der Waals surface area contributed by atoms with E-state index in [1.165, 1.54) is 5.56 Å². The molecule has 2 nitrogen and oxygen atoms in total. The van der Waals surface area contributed by atoms with Crippen molar-refractivity contribution in [3.05, 3.63) is 53.3 Å². The van der Waals surface area contributed by atoms with Gasteiger partial charge in [-0.05, 0) is 111 Å². The van der Waals surface area contributed by atoms with Crippen LogP contribution in [0.25, 0.3) is 0 Å². The predicted molar refractivity (Wildman–Crippen MR) is 102 cm³/mol. The lowest BCUT2D eigenvalue weighted by molar-refractivity contribution is 0.468. The SMILES string of the molecule is CC(Cc1cc(Br)c(N)c(Br)c1)c1cc(Br)c(O)c(Br)c1. The average Bonchev–Trinajstić information content (AvgIpc) is 2.41. The lowest BCUT2D eigenvalue weighted by Crippen LogP contribution is -2.00. The summed E-state index contributed by atoms with van der Waals surface area (Å²) in [7, 11) is 0. The summed E-state index contributed by atoms with van der Waals surface area (Å²) in [6.07, 6.45) is 0.876. The van der Waals surface area contributed by atoms with Crippen molar-refractivity contribution in [3.8, 4) is 5.75 Å². The van der Waals surface area contributed by atoms with Gasteiger partial charge in [-0.3, -0.25) is 0 Å². The maximum atomic E-state index is 9.79. The number of aromatic hydroxyl groups is 1. The molecule has 6 heteroatoms. The van der Waals surface area contributed by atoms with Crippen molar-refractivity contribution in [2.24, 2.45) is 0 Å². The number of halogens is 4. The molecule has 0 bridgehead atoms. The number of hydrogen-bond acceptors (Lipinski definition) is 2. The van der Waals surface area contributed by atoms with Gasteiger partial charge in [0.25, 0.3) is 0 Å². The normalized spacial score (nSPS) is 12.4. The highest BCUT2D eigenvalue weighted by Crippen LogP contribution is 2.37. The molecular formula is C15H13Br4NO. The summed E-state index contributed by atoms with van der Waals surface area (Å²) in [5.41, 5.74) is 8.96. The van der Waals surface area contributed by atoms with E-state index < -0.39 is 0 Å². The highest BCUT2D eigenvalue weighted by molar-refractivity contribution is 9.11. The molecule has 112 valence electrons. The van der Waals surface area contributed by atoms with Crippen LogP contribution >= 0.6 is 63.7 Å². The van der Waals surface area contributed by atoms with E-state index in [4.69, 9.17) is 5.73 Å². The van der Waals surface area contributed by atoms with Crippen LogP contribution in [0.15, 0.2) is 42.2 Å². The Bertz CT molecular complexity index is 641. The second-order valence-electron chi connectivity index (χ2n) is 4.91. The van der Waals surface area contributed by atoms with Gasteiger partial charge in [-0.2, -0.15) is 0 Å². The highest BCUT2D eigenvalue weighted by atomic mass is 79.9. The molecule has 0 heterocycles. The van der Waals surface area contributed by atoms with Crippen LogP contribution in [-0.2, 0) is 6.42 Å². The van der Waals surface area contributed by atoms with Crippen LogP contribution in [0.5, 0.6) is 5.75 Å². The summed E-state index contributed by atoms with van der Waals surface area (Å²) >= 11 is 13.7. The molecule has 0 aliphatic heterocycles. The van der Waals surface area contributed by atoms with Crippen molar-refractivity contribution in [3.63, 3.8) is 0 Å². The highest BCUT2D eigenvalue weighted by Gasteiger charge is 2.13. The molecule has 21 heavy (non-hydrogen) atoms. The largest absolute Gasteiger partial charge is 0.506 e. The van der Waals surface area contributed by atoms with Crippen LogP contribution < -0.4 is 5.73 Å². The Balaban J connectivity index is 2.28. The predicted octanol–water partition coefficient (Wildman–Crippen LogP) is 6.37. The van der Waals surface area contributed by atoms with Gasteiger partial charge in [-0.15, -0.1) is 0 Å². The van der Waals surface area contributed by atoms with E-state index in [2.05, 4.69) is 70.6 Å². The second-order valence-corrected chi connectivity index (χ2v) is 8.33. The quantitative estimate of drug-likeness (QED) is 0.443. The Morgan fingerprint density at radius 1 is 0.952 bits per heavy atom. The minimum Gasteiger partial charge on any atom is -0.506 e.